The fourth-order valence-electron chi connectivity index (χ4n) is 2.93. The molecule has 0 aromatic heterocycles. The Balaban J connectivity index is 1.59. The molecule has 32 heavy (non-hydrogen) atoms. The molecule has 170 valence electrons. The topological polar surface area (TPSA) is 153 Å². The van der Waals surface area contributed by atoms with Gasteiger partial charge in [0.25, 0.3) is 11.9 Å². The van der Waals surface area contributed by atoms with Gasteiger partial charge < -0.3 is 40.6 Å². The summed E-state index contributed by atoms with van der Waals surface area (Å²) in [5.41, 5.74) is 4.39. The number of benzene rings is 2. The molecule has 0 fully saturated rings. The zero-order valence-corrected chi connectivity index (χ0v) is 17.2. The molecule has 10 nitrogen and oxygen atoms in total. The summed E-state index contributed by atoms with van der Waals surface area (Å²) in [5.74, 6) is -0.0751. The van der Waals surface area contributed by atoms with E-state index in [1.807, 2.05) is 24.3 Å². The van der Waals surface area contributed by atoms with Gasteiger partial charge in [-0.25, -0.2) is 0 Å². The van der Waals surface area contributed by atoms with E-state index in [0.29, 0.717) is 17.0 Å². The number of carbonyl (C=O) groups is 1. The van der Waals surface area contributed by atoms with Gasteiger partial charge in [-0.15, -0.1) is 0 Å². The molecule has 2 aromatic rings. The number of rotatable bonds is 9. The van der Waals surface area contributed by atoms with Crippen LogP contribution in [0.3, 0.4) is 0 Å². The normalized spacial score (nSPS) is 15.9. The number of hydrogen-bond acceptors (Lipinski definition) is 9. The van der Waals surface area contributed by atoms with E-state index in [1.54, 1.807) is 29.7 Å². The molecule has 0 radical (unpaired) electrons. The third-order valence-corrected chi connectivity index (χ3v) is 4.72. The average Bonchev–Trinajstić information content (AvgIpc) is 2.82. The molecule has 0 aliphatic carbocycles. The van der Waals surface area contributed by atoms with Crippen LogP contribution in [-0.4, -0.2) is 51.4 Å². The minimum atomic E-state index is -1.51. The van der Waals surface area contributed by atoms with Crippen molar-refractivity contribution in [3.8, 4) is 16.9 Å². The summed E-state index contributed by atoms with van der Waals surface area (Å²) >= 11 is 0. The van der Waals surface area contributed by atoms with E-state index in [0.717, 1.165) is 11.1 Å². The van der Waals surface area contributed by atoms with Crippen LogP contribution in [0.15, 0.2) is 72.6 Å². The van der Waals surface area contributed by atoms with Crippen LogP contribution in [0.2, 0.25) is 0 Å². The van der Waals surface area contributed by atoms with Crippen LogP contribution in [0, 0.1) is 0 Å². The summed E-state index contributed by atoms with van der Waals surface area (Å²) in [6.07, 6.45) is 0.0866. The van der Waals surface area contributed by atoms with Crippen LogP contribution in [0.5, 0.6) is 5.75 Å². The van der Waals surface area contributed by atoms with Gasteiger partial charge in [0.1, 0.15) is 24.8 Å². The largest absolute Gasteiger partial charge is 0.487 e. The lowest BCUT2D eigenvalue weighted by Gasteiger charge is -2.25. The zero-order chi connectivity index (χ0) is 23.1. The van der Waals surface area contributed by atoms with Crippen molar-refractivity contribution in [1.82, 2.24) is 16.1 Å². The Morgan fingerprint density at radius 1 is 1.09 bits per heavy atom. The Labute approximate surface area is 184 Å². The number of nitrogens with one attached hydrogen (secondary N) is 3. The predicted octanol–water partition coefficient (Wildman–Crippen LogP) is 1.33. The van der Waals surface area contributed by atoms with Gasteiger partial charge >= 0.3 is 0 Å². The number of hydrogen-bond donors (Lipinski definition) is 7. The molecule has 0 spiro atoms. The molecule has 3 rings (SSSR count). The highest BCUT2D eigenvalue weighted by atomic mass is 16.6. The number of aliphatic hydroxyl groups is 3. The summed E-state index contributed by atoms with van der Waals surface area (Å²) in [6, 6.07) is 13.1. The predicted molar refractivity (Wildman–Crippen MR) is 114 cm³/mol. The van der Waals surface area contributed by atoms with Crippen LogP contribution < -0.4 is 20.9 Å². The number of ether oxygens (including phenoxy) is 2. The quantitative estimate of drug-likeness (QED) is 0.225. The molecular formula is C22H25N3O7. The maximum atomic E-state index is 12.4. The van der Waals surface area contributed by atoms with E-state index in [4.69, 9.17) is 19.8 Å². The first-order chi connectivity index (χ1) is 15.4. The fraction of sp³-hybridized carbons (Fsp3) is 0.227. The van der Waals surface area contributed by atoms with Crippen LogP contribution >= 0.6 is 0 Å². The minimum absolute atomic E-state index is 0.218. The second kappa shape index (κ2) is 10.6. The lowest BCUT2D eigenvalue weighted by atomic mass is 10.0. The monoisotopic (exact) mass is 443 g/mol. The molecule has 10 heteroatoms. The molecular weight excluding hydrogens is 418 g/mol. The fourth-order valence-corrected chi connectivity index (χ4v) is 2.93. The molecule has 1 aliphatic heterocycles. The smallest absolute Gasteiger partial charge is 0.298 e. The number of amides is 1. The minimum Gasteiger partial charge on any atom is -0.487 e. The number of aliphatic hydroxyl groups excluding tert-OH is 3. The number of hydroxylamine groups is 1. The molecule has 0 bridgehead atoms. The zero-order valence-electron chi connectivity index (χ0n) is 17.2. The molecule has 1 amide bonds. The molecule has 2 aromatic carbocycles. The Morgan fingerprint density at radius 3 is 2.25 bits per heavy atom. The van der Waals surface area contributed by atoms with Crippen molar-refractivity contribution < 1.29 is 34.8 Å². The molecule has 1 unspecified atom stereocenters. The van der Waals surface area contributed by atoms with Gasteiger partial charge in [0.15, 0.2) is 0 Å². The average molecular weight is 443 g/mol. The summed E-state index contributed by atoms with van der Waals surface area (Å²) in [7, 11) is 0. The molecule has 0 saturated heterocycles. The summed E-state index contributed by atoms with van der Waals surface area (Å²) < 4.78 is 10.5. The summed E-state index contributed by atoms with van der Waals surface area (Å²) in [5, 5.41) is 42.6. The second-order valence-electron chi connectivity index (χ2n) is 7.09. The van der Waals surface area contributed by atoms with E-state index < -0.39 is 24.3 Å². The van der Waals surface area contributed by atoms with Gasteiger partial charge in [0.2, 0.25) is 0 Å². The van der Waals surface area contributed by atoms with Crippen molar-refractivity contribution in [1.29, 1.82) is 0 Å². The van der Waals surface area contributed by atoms with Crippen molar-refractivity contribution in [3.63, 3.8) is 0 Å². The van der Waals surface area contributed by atoms with Crippen molar-refractivity contribution >= 4 is 5.91 Å². The van der Waals surface area contributed by atoms with E-state index >= 15 is 0 Å². The van der Waals surface area contributed by atoms with E-state index in [-0.39, 0.29) is 12.6 Å². The van der Waals surface area contributed by atoms with Gasteiger partial charge in [0.05, 0.1) is 24.0 Å². The molecule has 7 N–H and O–H groups in total. The first-order valence-corrected chi connectivity index (χ1v) is 9.78. The molecule has 1 heterocycles. The van der Waals surface area contributed by atoms with E-state index in [1.165, 1.54) is 19.4 Å². The summed E-state index contributed by atoms with van der Waals surface area (Å²) in [6.45, 7) is 1.63. The first kappa shape index (κ1) is 23.1. The van der Waals surface area contributed by atoms with Crippen molar-refractivity contribution in [3.05, 3.63) is 78.2 Å². The Kier molecular flexibility index (Phi) is 7.68. The molecule has 3 atom stereocenters. The van der Waals surface area contributed by atoms with Crippen molar-refractivity contribution in [2.45, 2.75) is 25.3 Å². The van der Waals surface area contributed by atoms with Gasteiger partial charge in [-0.1, -0.05) is 24.3 Å². The summed E-state index contributed by atoms with van der Waals surface area (Å²) in [4.78, 5) is 12.4. The van der Waals surface area contributed by atoms with E-state index in [9.17, 15) is 15.0 Å². The van der Waals surface area contributed by atoms with Crippen LogP contribution in [0.1, 0.15) is 17.3 Å². The Morgan fingerprint density at radius 2 is 1.72 bits per heavy atom. The van der Waals surface area contributed by atoms with Crippen molar-refractivity contribution in [2.75, 3.05) is 6.61 Å². The van der Waals surface area contributed by atoms with Crippen LogP contribution in [0.4, 0.5) is 0 Å². The van der Waals surface area contributed by atoms with Crippen LogP contribution in [0.25, 0.3) is 11.1 Å². The second-order valence-corrected chi connectivity index (χ2v) is 7.09. The van der Waals surface area contributed by atoms with Gasteiger partial charge in [-0.2, -0.15) is 5.48 Å². The highest BCUT2D eigenvalue weighted by Gasteiger charge is 2.25. The lowest BCUT2D eigenvalue weighted by molar-refractivity contribution is -0.0463. The maximum absolute atomic E-state index is 12.4. The van der Waals surface area contributed by atoms with Crippen molar-refractivity contribution in [2.24, 2.45) is 0 Å². The first-order valence-electron chi connectivity index (χ1n) is 9.78. The molecule has 0 saturated carbocycles. The third-order valence-electron chi connectivity index (χ3n) is 4.72. The maximum Gasteiger partial charge on any atom is 0.298 e. The lowest BCUT2D eigenvalue weighted by Crippen LogP contribution is -2.54. The number of carbonyl (C=O) groups excluding carboxylic acids is 1. The van der Waals surface area contributed by atoms with Gasteiger partial charge in [-0.3, -0.25) is 4.79 Å². The van der Waals surface area contributed by atoms with Gasteiger partial charge in [-0.05, 0) is 42.3 Å². The van der Waals surface area contributed by atoms with Crippen LogP contribution in [-0.2, 0) is 4.74 Å². The van der Waals surface area contributed by atoms with Gasteiger partial charge in [0, 0.05) is 5.56 Å². The Bertz CT molecular complexity index is 972. The molecule has 1 aliphatic rings. The standard InChI is InChI=1S/C22H25N3O7/c1-13(26)20(22(29)25-30)24-21(28)16-4-2-14(3-5-16)15-6-8-18(9-7-15)31-11-17-12-32-19(27)10-23-17/h2-10,12-13,20,22-23,25-27,29-30H,11H2,1H3,(H,24,28)/t13-,20+,22?/m1/s1. The Hall–Kier alpha value is -3.57. The highest BCUT2D eigenvalue weighted by molar-refractivity contribution is 5.95. The SMILES string of the molecule is C[C@@H](O)[C@H](NC(=O)c1ccc(-c2ccc(OCC3=COC(O)=CN3)cc2)cc1)C(O)NO. The highest BCUT2D eigenvalue weighted by Crippen LogP contribution is 2.23. The third kappa shape index (κ3) is 5.99. The van der Waals surface area contributed by atoms with E-state index in [2.05, 4.69) is 10.6 Å².